The van der Waals surface area contributed by atoms with Gasteiger partial charge in [0, 0.05) is 18.8 Å². The molecule has 10 heteroatoms. The smallest absolute Gasteiger partial charge is 0.267 e. The Bertz CT molecular complexity index is 1120. The lowest BCUT2D eigenvalue weighted by Gasteiger charge is -2.21. The second-order valence-corrected chi connectivity index (χ2v) is 9.49. The van der Waals surface area contributed by atoms with E-state index in [1.165, 1.54) is 16.2 Å². The minimum Gasteiger partial charge on any atom is -0.394 e. The fourth-order valence-corrected chi connectivity index (χ4v) is 5.46. The molecule has 1 saturated carbocycles. The van der Waals surface area contributed by atoms with Crippen LogP contribution in [0.1, 0.15) is 36.8 Å². The lowest BCUT2D eigenvalue weighted by Crippen LogP contribution is -2.36. The first-order chi connectivity index (χ1) is 15.5. The van der Waals surface area contributed by atoms with Gasteiger partial charge < -0.3 is 15.2 Å². The van der Waals surface area contributed by atoms with Crippen LogP contribution in [-0.2, 0) is 9.53 Å². The Morgan fingerprint density at radius 3 is 2.88 bits per heavy atom. The molecule has 8 nitrogen and oxygen atoms in total. The maximum absolute atomic E-state index is 13.4. The molecule has 0 aromatic carbocycles. The van der Waals surface area contributed by atoms with Crippen molar-refractivity contribution in [2.24, 2.45) is 0 Å². The van der Waals surface area contributed by atoms with E-state index in [9.17, 15) is 9.59 Å². The SMILES string of the molecule is Cc1cccn2c(=O)c(C=C3SC(=S)N(C4CCCC4)C3=O)c(NCCOCCO)nc12. The summed E-state index contributed by atoms with van der Waals surface area (Å²) in [6, 6.07) is 3.83. The summed E-state index contributed by atoms with van der Waals surface area (Å²) >= 11 is 6.73. The first-order valence-electron chi connectivity index (χ1n) is 10.7. The highest BCUT2D eigenvalue weighted by molar-refractivity contribution is 8.26. The number of aromatic nitrogens is 2. The maximum atomic E-state index is 13.4. The van der Waals surface area contributed by atoms with Crippen molar-refractivity contribution in [1.82, 2.24) is 14.3 Å². The summed E-state index contributed by atoms with van der Waals surface area (Å²) in [5.74, 6) is 0.251. The Hall–Kier alpha value is -2.27. The summed E-state index contributed by atoms with van der Waals surface area (Å²) in [6.07, 6.45) is 7.40. The van der Waals surface area contributed by atoms with E-state index in [2.05, 4.69) is 10.3 Å². The number of fused-ring (bicyclic) bond motifs is 1. The molecule has 4 rings (SSSR count). The molecular weight excluding hydrogens is 448 g/mol. The molecule has 2 aliphatic rings. The molecule has 1 aliphatic heterocycles. The second-order valence-electron chi connectivity index (χ2n) is 7.82. The number of pyridine rings is 1. The fraction of sp³-hybridized carbons (Fsp3) is 0.455. The number of amides is 1. The van der Waals surface area contributed by atoms with Crippen LogP contribution >= 0.6 is 24.0 Å². The molecule has 1 saturated heterocycles. The number of nitrogens with one attached hydrogen (secondary N) is 1. The zero-order valence-corrected chi connectivity index (χ0v) is 19.5. The zero-order chi connectivity index (χ0) is 22.7. The van der Waals surface area contributed by atoms with Gasteiger partial charge in [-0.1, -0.05) is 42.9 Å². The molecule has 32 heavy (non-hydrogen) atoms. The van der Waals surface area contributed by atoms with Crippen LogP contribution in [0.2, 0.25) is 0 Å². The van der Waals surface area contributed by atoms with Gasteiger partial charge in [-0.15, -0.1) is 0 Å². The van der Waals surface area contributed by atoms with E-state index in [1.54, 1.807) is 23.2 Å². The number of thioether (sulfide) groups is 1. The average molecular weight is 475 g/mol. The lowest BCUT2D eigenvalue weighted by molar-refractivity contribution is -0.123. The number of thiocarbonyl (C=S) groups is 1. The van der Waals surface area contributed by atoms with Crippen molar-refractivity contribution in [3.63, 3.8) is 0 Å². The van der Waals surface area contributed by atoms with Crippen LogP contribution in [0.15, 0.2) is 28.0 Å². The van der Waals surface area contributed by atoms with Crippen LogP contribution in [0.4, 0.5) is 5.82 Å². The molecule has 0 spiro atoms. The summed E-state index contributed by atoms with van der Waals surface area (Å²) in [5, 5.41) is 12.0. The van der Waals surface area contributed by atoms with Gasteiger partial charge in [0.2, 0.25) is 0 Å². The van der Waals surface area contributed by atoms with Crippen molar-refractivity contribution >= 4 is 51.7 Å². The number of carbonyl (C=O) groups is 1. The molecule has 3 heterocycles. The first-order valence-corrected chi connectivity index (χ1v) is 11.9. The van der Waals surface area contributed by atoms with E-state index in [-0.39, 0.29) is 30.7 Å². The predicted octanol–water partition coefficient (Wildman–Crippen LogP) is 2.57. The van der Waals surface area contributed by atoms with Gasteiger partial charge in [0.25, 0.3) is 11.5 Å². The Kier molecular flexibility index (Phi) is 7.24. The molecular formula is C22H26N4O4S2. The molecule has 0 atom stereocenters. The zero-order valence-electron chi connectivity index (χ0n) is 17.9. The summed E-state index contributed by atoms with van der Waals surface area (Å²) in [4.78, 5) is 33.3. The monoisotopic (exact) mass is 474 g/mol. The van der Waals surface area contributed by atoms with Crippen LogP contribution in [0.3, 0.4) is 0 Å². The quantitative estimate of drug-likeness (QED) is 0.342. The molecule has 2 fully saturated rings. The summed E-state index contributed by atoms with van der Waals surface area (Å²) in [5.41, 5.74) is 1.46. The maximum Gasteiger partial charge on any atom is 0.267 e. The average Bonchev–Trinajstić information content (AvgIpc) is 3.39. The van der Waals surface area contributed by atoms with E-state index in [0.29, 0.717) is 39.4 Å². The van der Waals surface area contributed by atoms with Gasteiger partial charge in [0.15, 0.2) is 0 Å². The standard InChI is InChI=1S/C22H26N4O4S2/c1-14-5-4-9-25-19(14)24-18(23-8-11-30-12-10-27)16(20(25)28)13-17-21(29)26(22(31)32-17)15-6-2-3-7-15/h4-5,9,13,15,23,27H,2-3,6-8,10-12H2,1H3. The number of hydrogen-bond donors (Lipinski definition) is 2. The van der Waals surface area contributed by atoms with E-state index in [4.69, 9.17) is 22.1 Å². The highest BCUT2D eigenvalue weighted by Gasteiger charge is 2.38. The van der Waals surface area contributed by atoms with Crippen molar-refractivity contribution in [1.29, 1.82) is 0 Å². The number of hydrogen-bond acceptors (Lipinski definition) is 8. The van der Waals surface area contributed by atoms with Crippen LogP contribution < -0.4 is 10.9 Å². The van der Waals surface area contributed by atoms with E-state index in [1.807, 2.05) is 13.0 Å². The molecule has 170 valence electrons. The molecule has 0 unspecified atom stereocenters. The summed E-state index contributed by atoms with van der Waals surface area (Å²) in [7, 11) is 0. The van der Waals surface area contributed by atoms with Crippen molar-refractivity contribution in [2.45, 2.75) is 38.6 Å². The van der Waals surface area contributed by atoms with Gasteiger partial charge in [0.05, 0.1) is 30.3 Å². The number of ether oxygens (including phenoxy) is 1. The summed E-state index contributed by atoms with van der Waals surface area (Å²) < 4.78 is 7.34. The number of nitrogens with zero attached hydrogens (tertiary/aromatic N) is 3. The van der Waals surface area contributed by atoms with E-state index in [0.717, 1.165) is 31.2 Å². The third kappa shape index (κ3) is 4.59. The molecule has 0 bridgehead atoms. The number of anilines is 1. The van der Waals surface area contributed by atoms with E-state index < -0.39 is 0 Å². The van der Waals surface area contributed by atoms with Gasteiger partial charge >= 0.3 is 0 Å². The van der Waals surface area contributed by atoms with Crippen molar-refractivity contribution < 1.29 is 14.6 Å². The third-order valence-corrected chi connectivity index (χ3v) is 6.98. The van der Waals surface area contributed by atoms with Crippen LogP contribution in [0, 0.1) is 6.92 Å². The Morgan fingerprint density at radius 2 is 2.12 bits per heavy atom. The third-order valence-electron chi connectivity index (χ3n) is 5.65. The number of carbonyl (C=O) groups excluding carboxylic acids is 1. The minimum absolute atomic E-state index is 0.0527. The van der Waals surface area contributed by atoms with Gasteiger partial charge in [-0.3, -0.25) is 18.9 Å². The molecule has 2 N–H and O–H groups in total. The van der Waals surface area contributed by atoms with Gasteiger partial charge in [-0.2, -0.15) is 0 Å². The van der Waals surface area contributed by atoms with Crippen molar-refractivity contribution in [3.05, 3.63) is 44.7 Å². The van der Waals surface area contributed by atoms with Crippen LogP contribution in [0.25, 0.3) is 11.7 Å². The van der Waals surface area contributed by atoms with Crippen molar-refractivity contribution in [3.8, 4) is 0 Å². The number of aliphatic hydroxyl groups is 1. The molecule has 2 aromatic heterocycles. The summed E-state index contributed by atoms with van der Waals surface area (Å²) in [6.45, 7) is 2.83. The number of rotatable bonds is 8. The topological polar surface area (TPSA) is 96.2 Å². The van der Waals surface area contributed by atoms with Gasteiger partial charge in [-0.25, -0.2) is 4.98 Å². The van der Waals surface area contributed by atoms with Crippen molar-refractivity contribution in [2.75, 3.05) is 31.7 Å². The number of aliphatic hydroxyl groups excluding tert-OH is 1. The fourth-order valence-electron chi connectivity index (χ4n) is 4.07. The Labute approximate surface area is 195 Å². The van der Waals surface area contributed by atoms with Gasteiger partial charge in [0.1, 0.15) is 15.8 Å². The first kappa shape index (κ1) is 22.9. The van der Waals surface area contributed by atoms with Crippen LogP contribution in [-0.4, -0.2) is 62.0 Å². The highest BCUT2D eigenvalue weighted by atomic mass is 32.2. The minimum atomic E-state index is -0.261. The largest absolute Gasteiger partial charge is 0.394 e. The normalized spacial score (nSPS) is 18.4. The second kappa shape index (κ2) is 10.1. The Morgan fingerprint density at radius 1 is 1.34 bits per heavy atom. The highest BCUT2D eigenvalue weighted by Crippen LogP contribution is 2.38. The molecule has 1 amide bonds. The molecule has 2 aromatic rings. The predicted molar refractivity (Wildman–Crippen MR) is 130 cm³/mol. The van der Waals surface area contributed by atoms with Crippen LogP contribution in [0.5, 0.6) is 0 Å². The molecule has 0 radical (unpaired) electrons. The Balaban J connectivity index is 1.71. The lowest BCUT2D eigenvalue weighted by atomic mass is 10.2. The molecule has 1 aliphatic carbocycles. The van der Waals surface area contributed by atoms with E-state index >= 15 is 0 Å². The number of aryl methyl sites for hydroxylation is 1. The van der Waals surface area contributed by atoms with Gasteiger partial charge in [-0.05, 0) is 37.5 Å².